The van der Waals surface area contributed by atoms with Gasteiger partial charge in [0, 0.05) is 11.6 Å². The van der Waals surface area contributed by atoms with E-state index in [1.807, 2.05) is 13.8 Å². The van der Waals surface area contributed by atoms with E-state index in [4.69, 9.17) is 16.1 Å². The van der Waals surface area contributed by atoms with Crippen molar-refractivity contribution in [1.82, 2.24) is 10.1 Å². The minimum Gasteiger partial charge on any atom is -0.336 e. The summed E-state index contributed by atoms with van der Waals surface area (Å²) in [6, 6.07) is 4.53. The fourth-order valence-corrected chi connectivity index (χ4v) is 1.56. The first kappa shape index (κ1) is 11.9. The quantitative estimate of drug-likeness (QED) is 0.914. The lowest BCUT2D eigenvalue weighted by molar-refractivity contribution is 0.429. The summed E-state index contributed by atoms with van der Waals surface area (Å²) >= 11 is 5.90. The normalized spacial score (nSPS) is 10.9. The number of nitrogens with one attached hydrogen (secondary N) is 1. The number of aromatic nitrogens is 2. The van der Waals surface area contributed by atoms with E-state index in [0.29, 0.717) is 17.4 Å². The molecule has 0 aliphatic carbocycles. The van der Waals surface area contributed by atoms with Crippen molar-refractivity contribution in [3.63, 3.8) is 0 Å². The van der Waals surface area contributed by atoms with Gasteiger partial charge in [0.25, 0.3) is 0 Å². The number of anilines is 1. The molecule has 2 aromatic rings. The van der Waals surface area contributed by atoms with Gasteiger partial charge in [0.05, 0.1) is 5.02 Å². The number of hydrogen-bond acceptors (Lipinski definition) is 4. The largest absolute Gasteiger partial charge is 0.336 e. The molecular weight excluding hydrogens is 245 g/mol. The maximum atomic E-state index is 12.9. The Morgan fingerprint density at radius 2 is 2.18 bits per heavy atom. The molecule has 4 nitrogen and oxygen atoms in total. The summed E-state index contributed by atoms with van der Waals surface area (Å²) in [5.41, 5.74) is 0.536. The third kappa shape index (κ3) is 2.74. The zero-order chi connectivity index (χ0) is 12.4. The Hall–Kier alpha value is -1.62. The van der Waals surface area contributed by atoms with Crippen molar-refractivity contribution in [3.05, 3.63) is 29.0 Å². The van der Waals surface area contributed by atoms with Gasteiger partial charge in [0.2, 0.25) is 5.82 Å². The fourth-order valence-electron chi connectivity index (χ4n) is 1.31. The van der Waals surface area contributed by atoms with Crippen molar-refractivity contribution in [3.8, 4) is 11.4 Å². The molecule has 1 heterocycles. The molecule has 0 saturated carbocycles. The molecule has 0 spiro atoms. The van der Waals surface area contributed by atoms with Gasteiger partial charge in [-0.15, -0.1) is 0 Å². The van der Waals surface area contributed by atoms with Crippen LogP contribution >= 0.6 is 11.6 Å². The van der Waals surface area contributed by atoms with Crippen molar-refractivity contribution in [2.45, 2.75) is 19.9 Å². The zero-order valence-corrected chi connectivity index (χ0v) is 10.1. The van der Waals surface area contributed by atoms with Crippen LogP contribution in [0.15, 0.2) is 22.7 Å². The molecule has 0 amide bonds. The summed E-state index contributed by atoms with van der Waals surface area (Å²) in [4.78, 5) is 4.12. The standard InChI is InChI=1S/C11H11ClFN3O/c1-6(2)14-11-15-10(16-17-11)8-4-3-7(13)5-9(8)12/h3-6H,1-2H3,(H,14,15,16). The van der Waals surface area contributed by atoms with Crippen molar-refractivity contribution < 1.29 is 8.91 Å². The average molecular weight is 256 g/mol. The smallest absolute Gasteiger partial charge is 0.321 e. The predicted octanol–water partition coefficient (Wildman–Crippen LogP) is 3.35. The first-order valence-corrected chi connectivity index (χ1v) is 5.49. The number of rotatable bonds is 3. The van der Waals surface area contributed by atoms with Crippen molar-refractivity contribution in [1.29, 1.82) is 0 Å². The van der Waals surface area contributed by atoms with Crippen LogP contribution in [0, 0.1) is 5.82 Å². The van der Waals surface area contributed by atoms with E-state index < -0.39 is 5.82 Å². The van der Waals surface area contributed by atoms with Crippen molar-refractivity contribution >= 4 is 17.6 Å². The van der Waals surface area contributed by atoms with E-state index in [1.54, 1.807) is 0 Å². The van der Waals surface area contributed by atoms with Gasteiger partial charge in [-0.3, -0.25) is 0 Å². The van der Waals surface area contributed by atoms with Crippen molar-refractivity contribution in [2.75, 3.05) is 5.32 Å². The molecule has 2 rings (SSSR count). The van der Waals surface area contributed by atoms with Crippen molar-refractivity contribution in [2.24, 2.45) is 0 Å². The van der Waals surface area contributed by atoms with Crippen LogP contribution in [0.3, 0.4) is 0 Å². The highest BCUT2D eigenvalue weighted by molar-refractivity contribution is 6.33. The van der Waals surface area contributed by atoms with Crippen LogP contribution in [0.4, 0.5) is 10.4 Å². The molecule has 0 bridgehead atoms. The van der Waals surface area contributed by atoms with E-state index in [2.05, 4.69) is 15.5 Å². The molecule has 0 atom stereocenters. The second-order valence-electron chi connectivity index (χ2n) is 3.85. The number of benzene rings is 1. The molecule has 0 aliphatic rings. The molecule has 0 fully saturated rings. The highest BCUT2D eigenvalue weighted by atomic mass is 35.5. The number of nitrogens with zero attached hydrogens (tertiary/aromatic N) is 2. The molecule has 0 saturated heterocycles. The molecule has 1 aromatic carbocycles. The van der Waals surface area contributed by atoms with Gasteiger partial charge in [0.1, 0.15) is 5.82 Å². The van der Waals surface area contributed by atoms with Crippen LogP contribution in [-0.2, 0) is 0 Å². The molecule has 0 radical (unpaired) electrons. The van der Waals surface area contributed by atoms with Gasteiger partial charge in [-0.05, 0) is 32.0 Å². The minimum absolute atomic E-state index is 0.187. The minimum atomic E-state index is -0.400. The molecule has 17 heavy (non-hydrogen) atoms. The Balaban J connectivity index is 2.30. The monoisotopic (exact) mass is 255 g/mol. The average Bonchev–Trinajstić information content (AvgIpc) is 2.65. The van der Waals surface area contributed by atoms with Crippen LogP contribution in [0.25, 0.3) is 11.4 Å². The maximum absolute atomic E-state index is 12.9. The fraction of sp³-hybridized carbons (Fsp3) is 0.273. The maximum Gasteiger partial charge on any atom is 0.321 e. The van der Waals surface area contributed by atoms with Gasteiger partial charge in [-0.25, -0.2) is 4.39 Å². The molecule has 90 valence electrons. The van der Waals surface area contributed by atoms with Crippen LogP contribution < -0.4 is 5.32 Å². The number of hydrogen-bond donors (Lipinski definition) is 1. The Labute approximate surface area is 103 Å². The SMILES string of the molecule is CC(C)Nc1nc(-c2ccc(F)cc2Cl)no1. The van der Waals surface area contributed by atoms with Gasteiger partial charge in [-0.2, -0.15) is 4.98 Å². The lowest BCUT2D eigenvalue weighted by Gasteiger charge is -2.02. The topological polar surface area (TPSA) is 51.0 Å². The summed E-state index contributed by atoms with van der Waals surface area (Å²) in [7, 11) is 0. The summed E-state index contributed by atoms with van der Waals surface area (Å²) in [6.45, 7) is 3.91. The first-order valence-electron chi connectivity index (χ1n) is 5.12. The molecular formula is C11H11ClFN3O. The highest BCUT2D eigenvalue weighted by Gasteiger charge is 2.12. The third-order valence-corrected chi connectivity index (χ3v) is 2.32. The van der Waals surface area contributed by atoms with Crippen LogP contribution in [0.2, 0.25) is 5.02 Å². The Morgan fingerprint density at radius 3 is 2.82 bits per heavy atom. The molecule has 0 aliphatic heterocycles. The second-order valence-corrected chi connectivity index (χ2v) is 4.25. The Morgan fingerprint density at radius 1 is 1.41 bits per heavy atom. The highest BCUT2D eigenvalue weighted by Crippen LogP contribution is 2.26. The summed E-state index contributed by atoms with van der Waals surface area (Å²) in [5, 5.41) is 6.99. The lowest BCUT2D eigenvalue weighted by atomic mass is 10.2. The molecule has 6 heteroatoms. The van der Waals surface area contributed by atoms with E-state index in [-0.39, 0.29) is 11.1 Å². The van der Waals surface area contributed by atoms with Crippen LogP contribution in [0.1, 0.15) is 13.8 Å². The van der Waals surface area contributed by atoms with Gasteiger partial charge in [0.15, 0.2) is 0 Å². The van der Waals surface area contributed by atoms with E-state index in [9.17, 15) is 4.39 Å². The third-order valence-electron chi connectivity index (χ3n) is 2.01. The van der Waals surface area contributed by atoms with Gasteiger partial charge >= 0.3 is 6.01 Å². The zero-order valence-electron chi connectivity index (χ0n) is 9.37. The van der Waals surface area contributed by atoms with Gasteiger partial charge in [-0.1, -0.05) is 16.8 Å². The predicted molar refractivity (Wildman–Crippen MR) is 63.5 cm³/mol. The molecule has 1 N–H and O–H groups in total. The van der Waals surface area contributed by atoms with Crippen LogP contribution in [-0.4, -0.2) is 16.2 Å². The van der Waals surface area contributed by atoms with E-state index in [0.717, 1.165) is 0 Å². The molecule has 0 unspecified atom stereocenters. The van der Waals surface area contributed by atoms with Gasteiger partial charge < -0.3 is 9.84 Å². The Bertz CT molecular complexity index is 527. The second kappa shape index (κ2) is 4.71. The first-order chi connectivity index (χ1) is 8.06. The number of halogens is 2. The van der Waals surface area contributed by atoms with Crippen LogP contribution in [0.5, 0.6) is 0 Å². The summed E-state index contributed by atoms with van der Waals surface area (Å²) < 4.78 is 17.9. The van der Waals surface area contributed by atoms with E-state index in [1.165, 1.54) is 18.2 Å². The Kier molecular flexibility index (Phi) is 3.28. The van der Waals surface area contributed by atoms with E-state index >= 15 is 0 Å². The summed E-state index contributed by atoms with van der Waals surface area (Å²) in [6.07, 6.45) is 0. The molecule has 1 aromatic heterocycles. The lowest BCUT2D eigenvalue weighted by Crippen LogP contribution is -2.09. The summed E-state index contributed by atoms with van der Waals surface area (Å²) in [5.74, 6) is -0.0686.